The van der Waals surface area contributed by atoms with Crippen molar-refractivity contribution in [3.05, 3.63) is 101 Å². The van der Waals surface area contributed by atoms with Crippen molar-refractivity contribution in [2.75, 3.05) is 11.9 Å². The molecule has 2 amide bonds. The van der Waals surface area contributed by atoms with Gasteiger partial charge in [-0.1, -0.05) is 60.7 Å². The first-order valence-corrected chi connectivity index (χ1v) is 10.5. The van der Waals surface area contributed by atoms with Crippen molar-refractivity contribution < 1.29 is 19.1 Å². The maximum Gasteiger partial charge on any atom is 0.339 e. The molecule has 1 atom stereocenters. The molecule has 162 valence electrons. The summed E-state index contributed by atoms with van der Waals surface area (Å²) >= 11 is 0. The molecule has 32 heavy (non-hydrogen) atoms. The van der Waals surface area contributed by atoms with Gasteiger partial charge >= 0.3 is 5.97 Å². The molecule has 4 rings (SSSR count). The van der Waals surface area contributed by atoms with Gasteiger partial charge in [-0.3, -0.25) is 9.59 Å². The molecule has 1 aliphatic rings. The minimum atomic E-state index is -1.37. The van der Waals surface area contributed by atoms with E-state index in [-0.39, 0.29) is 12.3 Å². The standard InChI is InChI=1S/C26H24N2O4/c1-26(17-19-11-5-6-12-20(19)24(30)32-26)25(31)28-22-14-8-7-13-21(22)23(29)27-16-15-18-9-3-2-4-10-18/h2-14H,15-17H2,1H3,(H,27,29)(H,28,31)/t26-/m0/s1. The average Bonchev–Trinajstić information content (AvgIpc) is 2.80. The Balaban J connectivity index is 1.45. The summed E-state index contributed by atoms with van der Waals surface area (Å²) in [6.07, 6.45) is 0.959. The second-order valence-corrected chi connectivity index (χ2v) is 7.95. The number of rotatable bonds is 6. The third-order valence-corrected chi connectivity index (χ3v) is 5.53. The van der Waals surface area contributed by atoms with Gasteiger partial charge in [0.05, 0.1) is 16.8 Å². The normalized spacial score (nSPS) is 17.1. The van der Waals surface area contributed by atoms with Gasteiger partial charge < -0.3 is 15.4 Å². The third kappa shape index (κ3) is 4.54. The van der Waals surface area contributed by atoms with Crippen molar-refractivity contribution in [1.29, 1.82) is 0 Å². The van der Waals surface area contributed by atoms with Crippen LogP contribution in [0.2, 0.25) is 0 Å². The Kier molecular flexibility index (Phi) is 6.03. The molecule has 6 heteroatoms. The van der Waals surface area contributed by atoms with E-state index in [1.165, 1.54) is 0 Å². The number of para-hydroxylation sites is 1. The Morgan fingerprint density at radius 2 is 1.62 bits per heavy atom. The molecule has 0 aliphatic carbocycles. The fourth-order valence-electron chi connectivity index (χ4n) is 3.76. The molecule has 0 unspecified atom stereocenters. The Labute approximate surface area is 186 Å². The van der Waals surface area contributed by atoms with Crippen molar-refractivity contribution in [2.45, 2.75) is 25.4 Å². The average molecular weight is 428 g/mol. The monoisotopic (exact) mass is 428 g/mol. The van der Waals surface area contributed by atoms with Crippen molar-refractivity contribution in [3.63, 3.8) is 0 Å². The molecule has 0 saturated heterocycles. The molecule has 0 bridgehead atoms. The fourth-order valence-corrected chi connectivity index (χ4v) is 3.76. The second-order valence-electron chi connectivity index (χ2n) is 7.95. The Morgan fingerprint density at radius 1 is 0.938 bits per heavy atom. The van der Waals surface area contributed by atoms with E-state index >= 15 is 0 Å². The lowest BCUT2D eigenvalue weighted by Gasteiger charge is -2.33. The number of carbonyl (C=O) groups is 3. The quantitative estimate of drug-likeness (QED) is 0.586. The van der Waals surface area contributed by atoms with Gasteiger partial charge in [0.2, 0.25) is 0 Å². The zero-order valence-electron chi connectivity index (χ0n) is 17.8. The SMILES string of the molecule is C[C@@]1(C(=O)Nc2ccccc2C(=O)NCCc2ccccc2)Cc2ccccc2C(=O)O1. The Morgan fingerprint density at radius 3 is 2.44 bits per heavy atom. The summed E-state index contributed by atoms with van der Waals surface area (Å²) < 4.78 is 5.50. The van der Waals surface area contributed by atoms with Crippen molar-refractivity contribution in [3.8, 4) is 0 Å². The van der Waals surface area contributed by atoms with Crippen LogP contribution in [0.25, 0.3) is 0 Å². The summed E-state index contributed by atoms with van der Waals surface area (Å²) in [6, 6.07) is 23.7. The molecule has 1 aliphatic heterocycles. The zero-order chi connectivity index (χ0) is 22.6. The summed E-state index contributed by atoms with van der Waals surface area (Å²) in [5.74, 6) is -1.30. The number of carbonyl (C=O) groups excluding carboxylic acids is 3. The number of fused-ring (bicyclic) bond motifs is 1. The van der Waals surface area contributed by atoms with E-state index in [2.05, 4.69) is 10.6 Å². The van der Waals surface area contributed by atoms with Crippen LogP contribution in [0.5, 0.6) is 0 Å². The minimum Gasteiger partial charge on any atom is -0.445 e. The number of ether oxygens (including phenoxy) is 1. The molecule has 0 radical (unpaired) electrons. The number of cyclic esters (lactones) is 1. The van der Waals surface area contributed by atoms with Gasteiger partial charge in [-0.05, 0) is 42.7 Å². The van der Waals surface area contributed by atoms with Gasteiger partial charge in [-0.2, -0.15) is 0 Å². The topological polar surface area (TPSA) is 84.5 Å². The van der Waals surface area contributed by atoms with Gasteiger partial charge in [0.25, 0.3) is 11.8 Å². The predicted molar refractivity (Wildman–Crippen MR) is 122 cm³/mol. The van der Waals surface area contributed by atoms with Crippen LogP contribution in [0, 0.1) is 0 Å². The van der Waals surface area contributed by atoms with E-state index in [0.29, 0.717) is 29.8 Å². The maximum absolute atomic E-state index is 13.1. The van der Waals surface area contributed by atoms with Crippen molar-refractivity contribution >= 4 is 23.5 Å². The highest BCUT2D eigenvalue weighted by Gasteiger charge is 2.42. The van der Waals surface area contributed by atoms with E-state index in [4.69, 9.17) is 4.74 Å². The molecule has 0 saturated carbocycles. The van der Waals surface area contributed by atoms with Crippen LogP contribution in [0.4, 0.5) is 5.69 Å². The van der Waals surface area contributed by atoms with E-state index < -0.39 is 17.5 Å². The molecule has 0 spiro atoms. The first kappa shape index (κ1) is 21.3. The van der Waals surface area contributed by atoms with Gasteiger partial charge in [0.15, 0.2) is 5.60 Å². The molecule has 3 aromatic carbocycles. The first-order chi connectivity index (χ1) is 15.5. The van der Waals surface area contributed by atoms with Gasteiger partial charge in [0.1, 0.15) is 0 Å². The molecule has 3 aromatic rings. The minimum absolute atomic E-state index is 0.256. The van der Waals surface area contributed by atoms with E-state index in [1.807, 2.05) is 42.5 Å². The zero-order valence-corrected chi connectivity index (χ0v) is 17.8. The smallest absolute Gasteiger partial charge is 0.339 e. The largest absolute Gasteiger partial charge is 0.445 e. The van der Waals surface area contributed by atoms with Crippen molar-refractivity contribution in [2.24, 2.45) is 0 Å². The number of hydrogen-bond acceptors (Lipinski definition) is 4. The third-order valence-electron chi connectivity index (χ3n) is 5.53. The van der Waals surface area contributed by atoms with E-state index in [1.54, 1.807) is 43.3 Å². The van der Waals surface area contributed by atoms with Crippen LogP contribution in [-0.4, -0.2) is 29.9 Å². The predicted octanol–water partition coefficient (Wildman–Crippen LogP) is 3.77. The van der Waals surface area contributed by atoms with E-state index in [9.17, 15) is 14.4 Å². The van der Waals surface area contributed by atoms with Crippen LogP contribution in [-0.2, 0) is 22.4 Å². The first-order valence-electron chi connectivity index (χ1n) is 10.5. The molecule has 0 aromatic heterocycles. The molecule has 0 fully saturated rings. The van der Waals surface area contributed by atoms with Gasteiger partial charge in [-0.25, -0.2) is 4.79 Å². The van der Waals surface area contributed by atoms with Crippen LogP contribution in [0.1, 0.15) is 38.8 Å². The van der Waals surface area contributed by atoms with Crippen LogP contribution < -0.4 is 10.6 Å². The van der Waals surface area contributed by atoms with Crippen LogP contribution in [0.15, 0.2) is 78.9 Å². The Hall–Kier alpha value is -3.93. The summed E-state index contributed by atoms with van der Waals surface area (Å²) in [7, 11) is 0. The highest BCUT2D eigenvalue weighted by atomic mass is 16.6. The number of benzene rings is 3. The summed E-state index contributed by atoms with van der Waals surface area (Å²) in [5.41, 5.74) is 1.69. The number of hydrogen-bond donors (Lipinski definition) is 2. The lowest BCUT2D eigenvalue weighted by molar-refractivity contribution is -0.134. The summed E-state index contributed by atoms with van der Waals surface area (Å²) in [5, 5.41) is 5.68. The highest BCUT2D eigenvalue weighted by molar-refractivity contribution is 6.07. The summed E-state index contributed by atoms with van der Waals surface area (Å²) in [6.45, 7) is 2.05. The van der Waals surface area contributed by atoms with Crippen LogP contribution >= 0.6 is 0 Å². The highest BCUT2D eigenvalue weighted by Crippen LogP contribution is 2.29. The number of nitrogens with one attached hydrogen (secondary N) is 2. The molecule has 6 nitrogen and oxygen atoms in total. The number of anilines is 1. The molecular weight excluding hydrogens is 404 g/mol. The molecule has 1 heterocycles. The lowest BCUT2D eigenvalue weighted by atomic mass is 9.89. The maximum atomic E-state index is 13.1. The van der Waals surface area contributed by atoms with E-state index in [0.717, 1.165) is 11.1 Å². The number of esters is 1. The molecular formula is C26H24N2O4. The Bertz CT molecular complexity index is 1160. The van der Waals surface area contributed by atoms with Crippen molar-refractivity contribution in [1.82, 2.24) is 5.32 Å². The lowest BCUT2D eigenvalue weighted by Crippen LogP contribution is -2.49. The van der Waals surface area contributed by atoms with Crippen LogP contribution in [0.3, 0.4) is 0 Å². The summed E-state index contributed by atoms with van der Waals surface area (Å²) in [4.78, 5) is 38.3. The number of amides is 2. The fraction of sp³-hybridized carbons (Fsp3) is 0.192. The van der Waals surface area contributed by atoms with Gasteiger partial charge in [0, 0.05) is 13.0 Å². The molecule has 2 N–H and O–H groups in total. The van der Waals surface area contributed by atoms with Gasteiger partial charge in [-0.15, -0.1) is 0 Å². The second kappa shape index (κ2) is 9.06.